The van der Waals surface area contributed by atoms with Crippen molar-refractivity contribution in [3.63, 3.8) is 0 Å². The van der Waals surface area contributed by atoms with Crippen LogP contribution in [0.2, 0.25) is 0 Å². The summed E-state index contributed by atoms with van der Waals surface area (Å²) >= 11 is 0. The smallest absolute Gasteiger partial charge is 0.268 e. The maximum absolute atomic E-state index is 13.5. The fourth-order valence-corrected chi connectivity index (χ4v) is 4.71. The highest BCUT2D eigenvalue weighted by atomic mass is 16.1. The molecule has 1 aliphatic heterocycles. The second-order valence-corrected chi connectivity index (χ2v) is 7.89. The summed E-state index contributed by atoms with van der Waals surface area (Å²) in [5, 5.41) is 2.35. The summed E-state index contributed by atoms with van der Waals surface area (Å²) in [7, 11) is 0. The number of aromatic nitrogens is 2. The van der Waals surface area contributed by atoms with Gasteiger partial charge >= 0.3 is 0 Å². The standard InChI is InChI=1S/C23H22N4O2/c24-23(29)19-11-25-12-20(26-19)27-10-2-4-16(13-27)22(28)18-9-8-15-7-6-14-3-1-5-17(18)21(14)15/h1,3,5,8-9,11-12,16H,2,4,6-7,10,13H2,(H2,24,29). The van der Waals surface area contributed by atoms with E-state index in [9.17, 15) is 9.59 Å². The SMILES string of the molecule is NC(=O)c1cncc(N2CCCC(C(=O)c3ccc4c5c(cccc35)CC4)C2)n1. The minimum absolute atomic E-state index is 0.110. The van der Waals surface area contributed by atoms with Gasteiger partial charge in [-0.05, 0) is 47.6 Å². The summed E-state index contributed by atoms with van der Waals surface area (Å²) in [5.74, 6) is 0.0710. The number of nitrogens with zero attached hydrogens (tertiary/aromatic N) is 3. The first-order chi connectivity index (χ1) is 14.1. The van der Waals surface area contributed by atoms with Crippen LogP contribution in [-0.2, 0) is 12.8 Å². The molecule has 6 heteroatoms. The Morgan fingerprint density at radius 3 is 2.72 bits per heavy atom. The maximum atomic E-state index is 13.5. The van der Waals surface area contributed by atoms with E-state index in [1.807, 2.05) is 11.0 Å². The molecule has 1 aliphatic carbocycles. The molecule has 146 valence electrons. The van der Waals surface area contributed by atoms with Crippen LogP contribution in [0.4, 0.5) is 5.82 Å². The summed E-state index contributed by atoms with van der Waals surface area (Å²) in [6.07, 6.45) is 6.83. The number of rotatable bonds is 4. The molecule has 1 atom stereocenters. The van der Waals surface area contributed by atoms with Crippen LogP contribution in [0.15, 0.2) is 42.7 Å². The molecule has 0 radical (unpaired) electrons. The molecular weight excluding hydrogens is 364 g/mol. The molecular formula is C23H22N4O2. The molecule has 0 bridgehead atoms. The molecule has 2 aromatic carbocycles. The molecule has 1 amide bonds. The fourth-order valence-electron chi connectivity index (χ4n) is 4.71. The molecule has 2 aliphatic rings. The Labute approximate surface area is 168 Å². The van der Waals surface area contributed by atoms with Gasteiger partial charge in [-0.1, -0.05) is 30.3 Å². The number of benzene rings is 2. The Balaban J connectivity index is 1.45. The summed E-state index contributed by atoms with van der Waals surface area (Å²) in [5.41, 5.74) is 8.98. The fraction of sp³-hybridized carbons (Fsp3) is 0.304. The Morgan fingerprint density at radius 1 is 1.07 bits per heavy atom. The molecule has 1 unspecified atom stereocenters. The Bertz CT molecular complexity index is 1130. The minimum atomic E-state index is -0.600. The van der Waals surface area contributed by atoms with Crippen molar-refractivity contribution in [1.29, 1.82) is 0 Å². The van der Waals surface area contributed by atoms with E-state index in [-0.39, 0.29) is 17.4 Å². The normalized spacial score (nSPS) is 18.2. The number of primary amides is 1. The average molecular weight is 386 g/mol. The van der Waals surface area contributed by atoms with E-state index in [2.05, 4.69) is 34.2 Å². The number of anilines is 1. The number of amides is 1. The zero-order chi connectivity index (χ0) is 20.0. The molecule has 2 heterocycles. The highest BCUT2D eigenvalue weighted by Crippen LogP contribution is 2.34. The summed E-state index contributed by atoms with van der Waals surface area (Å²) < 4.78 is 0. The summed E-state index contributed by atoms with van der Waals surface area (Å²) in [4.78, 5) is 35.3. The number of aryl methyl sites for hydroxylation is 2. The van der Waals surface area contributed by atoms with Gasteiger partial charge in [0.15, 0.2) is 5.78 Å². The number of hydrogen-bond donors (Lipinski definition) is 1. The number of carbonyl (C=O) groups is 2. The lowest BCUT2D eigenvalue weighted by molar-refractivity contribution is 0.0907. The highest BCUT2D eigenvalue weighted by molar-refractivity contribution is 6.11. The lowest BCUT2D eigenvalue weighted by atomic mass is 9.87. The van der Waals surface area contributed by atoms with Crippen molar-refractivity contribution < 1.29 is 9.59 Å². The second-order valence-electron chi connectivity index (χ2n) is 7.89. The van der Waals surface area contributed by atoms with E-state index in [0.29, 0.717) is 12.4 Å². The Morgan fingerprint density at radius 2 is 1.90 bits per heavy atom. The molecule has 1 fully saturated rings. The van der Waals surface area contributed by atoms with E-state index in [4.69, 9.17) is 5.73 Å². The van der Waals surface area contributed by atoms with Gasteiger partial charge in [-0.2, -0.15) is 0 Å². The maximum Gasteiger partial charge on any atom is 0.268 e. The quantitative estimate of drug-likeness (QED) is 0.697. The van der Waals surface area contributed by atoms with Crippen LogP contribution < -0.4 is 10.6 Å². The number of ketones is 1. The predicted octanol–water partition coefficient (Wildman–Crippen LogP) is 2.93. The summed E-state index contributed by atoms with van der Waals surface area (Å²) in [6.45, 7) is 1.35. The molecule has 0 saturated carbocycles. The predicted molar refractivity (Wildman–Crippen MR) is 111 cm³/mol. The molecule has 0 spiro atoms. The van der Waals surface area contributed by atoms with Gasteiger partial charge in [0.2, 0.25) is 0 Å². The van der Waals surface area contributed by atoms with Crippen LogP contribution in [-0.4, -0.2) is 34.7 Å². The van der Waals surface area contributed by atoms with Gasteiger partial charge < -0.3 is 10.6 Å². The van der Waals surface area contributed by atoms with E-state index in [1.165, 1.54) is 22.7 Å². The van der Waals surface area contributed by atoms with Gasteiger partial charge in [-0.3, -0.25) is 14.6 Å². The van der Waals surface area contributed by atoms with Crippen molar-refractivity contribution in [3.8, 4) is 0 Å². The van der Waals surface area contributed by atoms with Crippen molar-refractivity contribution in [1.82, 2.24) is 9.97 Å². The zero-order valence-electron chi connectivity index (χ0n) is 16.1. The van der Waals surface area contributed by atoms with Gasteiger partial charge in [-0.15, -0.1) is 0 Å². The van der Waals surface area contributed by atoms with E-state index in [1.54, 1.807) is 6.20 Å². The molecule has 29 heavy (non-hydrogen) atoms. The van der Waals surface area contributed by atoms with Crippen molar-refractivity contribution >= 4 is 28.3 Å². The number of hydrogen-bond acceptors (Lipinski definition) is 5. The van der Waals surface area contributed by atoms with E-state index < -0.39 is 5.91 Å². The van der Waals surface area contributed by atoms with Crippen LogP contribution in [0.5, 0.6) is 0 Å². The van der Waals surface area contributed by atoms with Gasteiger partial charge in [0.1, 0.15) is 11.5 Å². The third-order valence-corrected chi connectivity index (χ3v) is 6.13. The first-order valence-corrected chi connectivity index (χ1v) is 10.1. The van der Waals surface area contributed by atoms with Gasteiger partial charge in [-0.25, -0.2) is 4.98 Å². The number of carbonyl (C=O) groups excluding carboxylic acids is 2. The molecule has 2 N–H and O–H groups in total. The van der Waals surface area contributed by atoms with Crippen LogP contribution in [0, 0.1) is 5.92 Å². The van der Waals surface area contributed by atoms with Crippen molar-refractivity contribution in [2.75, 3.05) is 18.0 Å². The van der Waals surface area contributed by atoms with Crippen LogP contribution in [0.3, 0.4) is 0 Å². The van der Waals surface area contributed by atoms with Crippen molar-refractivity contribution in [3.05, 3.63) is 65.1 Å². The van der Waals surface area contributed by atoms with Crippen LogP contribution in [0.25, 0.3) is 10.8 Å². The molecule has 6 nitrogen and oxygen atoms in total. The highest BCUT2D eigenvalue weighted by Gasteiger charge is 2.29. The first kappa shape index (κ1) is 17.8. The first-order valence-electron chi connectivity index (χ1n) is 10.1. The van der Waals surface area contributed by atoms with E-state index in [0.717, 1.165) is 43.2 Å². The Kier molecular flexibility index (Phi) is 4.27. The van der Waals surface area contributed by atoms with Crippen molar-refractivity contribution in [2.24, 2.45) is 11.7 Å². The minimum Gasteiger partial charge on any atom is -0.364 e. The third-order valence-electron chi connectivity index (χ3n) is 6.13. The van der Waals surface area contributed by atoms with Crippen LogP contribution >= 0.6 is 0 Å². The largest absolute Gasteiger partial charge is 0.364 e. The monoisotopic (exact) mass is 386 g/mol. The second kappa shape index (κ2) is 6.95. The third kappa shape index (κ3) is 3.05. The van der Waals surface area contributed by atoms with Crippen molar-refractivity contribution in [2.45, 2.75) is 25.7 Å². The number of nitrogens with two attached hydrogens (primary N) is 1. The average Bonchev–Trinajstić information content (AvgIpc) is 3.19. The topological polar surface area (TPSA) is 89.2 Å². The number of piperidine rings is 1. The Hall–Kier alpha value is -3.28. The number of Topliss-reactive ketones (excluding diaryl/α,β-unsaturated/α-hetero) is 1. The van der Waals surface area contributed by atoms with Gasteiger partial charge in [0.25, 0.3) is 5.91 Å². The lowest BCUT2D eigenvalue weighted by Crippen LogP contribution is -2.39. The molecule has 3 aromatic rings. The molecule has 1 saturated heterocycles. The molecule has 1 aromatic heterocycles. The summed E-state index contributed by atoms with van der Waals surface area (Å²) in [6, 6.07) is 10.4. The van der Waals surface area contributed by atoms with Crippen LogP contribution in [0.1, 0.15) is 44.8 Å². The lowest BCUT2D eigenvalue weighted by Gasteiger charge is -2.33. The zero-order valence-corrected chi connectivity index (χ0v) is 16.1. The van der Waals surface area contributed by atoms with E-state index >= 15 is 0 Å². The molecule has 5 rings (SSSR count). The van der Waals surface area contributed by atoms with Gasteiger partial charge in [0, 0.05) is 24.6 Å². The van der Waals surface area contributed by atoms with Gasteiger partial charge in [0.05, 0.1) is 12.4 Å².